The van der Waals surface area contributed by atoms with Gasteiger partial charge in [0.1, 0.15) is 11.6 Å². The summed E-state index contributed by atoms with van der Waals surface area (Å²) in [5, 5.41) is 3.27. The lowest BCUT2D eigenvalue weighted by Gasteiger charge is -2.26. The SMILES string of the molecule is CCc1nc(C)cc(N2CCCC2CNC)n1. The smallest absolute Gasteiger partial charge is 0.132 e. The fourth-order valence-electron chi connectivity index (χ4n) is 2.50. The molecule has 2 rings (SSSR count). The molecular formula is C13H22N4. The maximum Gasteiger partial charge on any atom is 0.132 e. The highest BCUT2D eigenvalue weighted by Crippen LogP contribution is 2.24. The van der Waals surface area contributed by atoms with E-state index in [1.54, 1.807) is 0 Å². The molecule has 17 heavy (non-hydrogen) atoms. The molecule has 4 heteroatoms. The van der Waals surface area contributed by atoms with E-state index in [1.165, 1.54) is 12.8 Å². The van der Waals surface area contributed by atoms with E-state index in [1.807, 2.05) is 14.0 Å². The van der Waals surface area contributed by atoms with E-state index in [4.69, 9.17) is 0 Å². The zero-order chi connectivity index (χ0) is 12.3. The topological polar surface area (TPSA) is 41.1 Å². The van der Waals surface area contributed by atoms with Crippen LogP contribution in [0.25, 0.3) is 0 Å². The van der Waals surface area contributed by atoms with Gasteiger partial charge >= 0.3 is 0 Å². The second-order valence-corrected chi connectivity index (χ2v) is 4.68. The number of rotatable bonds is 4. The van der Waals surface area contributed by atoms with E-state index in [0.29, 0.717) is 6.04 Å². The highest BCUT2D eigenvalue weighted by atomic mass is 15.2. The first-order valence-corrected chi connectivity index (χ1v) is 6.50. The second-order valence-electron chi connectivity index (χ2n) is 4.68. The zero-order valence-electron chi connectivity index (χ0n) is 11.0. The van der Waals surface area contributed by atoms with Crippen LogP contribution in [0.1, 0.15) is 31.3 Å². The molecule has 0 saturated carbocycles. The standard InChI is InChI=1S/C13H22N4/c1-4-12-15-10(2)8-13(16-12)17-7-5-6-11(17)9-14-3/h8,11,14H,4-7,9H2,1-3H3. The Balaban J connectivity index is 2.23. The number of aromatic nitrogens is 2. The number of hydrogen-bond acceptors (Lipinski definition) is 4. The van der Waals surface area contributed by atoms with Crippen LogP contribution in [0.5, 0.6) is 0 Å². The number of aryl methyl sites for hydroxylation is 2. The molecule has 0 radical (unpaired) electrons. The van der Waals surface area contributed by atoms with Crippen molar-refractivity contribution in [3.8, 4) is 0 Å². The summed E-state index contributed by atoms with van der Waals surface area (Å²) in [5.41, 5.74) is 1.07. The molecule has 1 N–H and O–H groups in total. The normalized spacial score (nSPS) is 19.9. The monoisotopic (exact) mass is 234 g/mol. The average Bonchev–Trinajstić information content (AvgIpc) is 2.77. The molecule has 1 aliphatic rings. The van der Waals surface area contributed by atoms with Gasteiger partial charge in [0.25, 0.3) is 0 Å². The third-order valence-corrected chi connectivity index (χ3v) is 3.31. The Morgan fingerprint density at radius 3 is 3.00 bits per heavy atom. The van der Waals surface area contributed by atoms with E-state index in [0.717, 1.165) is 36.8 Å². The molecule has 1 atom stereocenters. The van der Waals surface area contributed by atoms with Gasteiger partial charge in [-0.15, -0.1) is 0 Å². The Kier molecular flexibility index (Phi) is 3.94. The molecule has 0 aliphatic carbocycles. The first-order valence-electron chi connectivity index (χ1n) is 6.50. The Bertz CT molecular complexity index is 378. The summed E-state index contributed by atoms with van der Waals surface area (Å²) in [7, 11) is 2.01. The van der Waals surface area contributed by atoms with Crippen LogP contribution in [0.15, 0.2) is 6.07 Å². The minimum absolute atomic E-state index is 0.582. The van der Waals surface area contributed by atoms with Gasteiger partial charge in [-0.3, -0.25) is 0 Å². The van der Waals surface area contributed by atoms with E-state index >= 15 is 0 Å². The fourth-order valence-corrected chi connectivity index (χ4v) is 2.50. The summed E-state index contributed by atoms with van der Waals surface area (Å²) in [6.07, 6.45) is 3.42. The van der Waals surface area contributed by atoms with Gasteiger partial charge in [0.15, 0.2) is 0 Å². The van der Waals surface area contributed by atoms with Crippen molar-refractivity contribution in [1.82, 2.24) is 15.3 Å². The van der Waals surface area contributed by atoms with Gasteiger partial charge in [0, 0.05) is 37.3 Å². The molecule has 1 aromatic rings. The van der Waals surface area contributed by atoms with Crippen LogP contribution in [0.2, 0.25) is 0 Å². The number of likely N-dealkylation sites (N-methyl/N-ethyl adjacent to an activating group) is 1. The van der Waals surface area contributed by atoms with Gasteiger partial charge in [-0.25, -0.2) is 9.97 Å². The lowest BCUT2D eigenvalue weighted by atomic mass is 10.2. The van der Waals surface area contributed by atoms with Crippen molar-refractivity contribution in [2.75, 3.05) is 25.0 Å². The van der Waals surface area contributed by atoms with Gasteiger partial charge in [0.2, 0.25) is 0 Å². The molecule has 1 fully saturated rings. The quantitative estimate of drug-likeness (QED) is 0.858. The van der Waals surface area contributed by atoms with Crippen LogP contribution in [0, 0.1) is 6.92 Å². The first-order chi connectivity index (χ1) is 8.24. The molecule has 0 amide bonds. The molecule has 0 spiro atoms. The van der Waals surface area contributed by atoms with Gasteiger partial charge in [-0.05, 0) is 26.8 Å². The van der Waals surface area contributed by atoms with Crippen molar-refractivity contribution in [3.63, 3.8) is 0 Å². The number of anilines is 1. The molecule has 2 heterocycles. The largest absolute Gasteiger partial charge is 0.352 e. The molecular weight excluding hydrogens is 212 g/mol. The summed E-state index contributed by atoms with van der Waals surface area (Å²) in [6.45, 7) is 6.30. The number of nitrogens with one attached hydrogen (secondary N) is 1. The van der Waals surface area contributed by atoms with Crippen molar-refractivity contribution in [3.05, 3.63) is 17.6 Å². The lowest BCUT2D eigenvalue weighted by molar-refractivity contribution is 0.610. The van der Waals surface area contributed by atoms with E-state index in [-0.39, 0.29) is 0 Å². The van der Waals surface area contributed by atoms with Gasteiger partial charge in [-0.2, -0.15) is 0 Å². The predicted octanol–water partition coefficient (Wildman–Crippen LogP) is 1.54. The van der Waals surface area contributed by atoms with E-state index < -0.39 is 0 Å². The zero-order valence-corrected chi connectivity index (χ0v) is 11.0. The van der Waals surface area contributed by atoms with Gasteiger partial charge in [0.05, 0.1) is 0 Å². The van der Waals surface area contributed by atoms with Crippen LogP contribution in [0.3, 0.4) is 0 Å². The highest BCUT2D eigenvalue weighted by Gasteiger charge is 2.25. The van der Waals surface area contributed by atoms with Crippen molar-refractivity contribution < 1.29 is 0 Å². The van der Waals surface area contributed by atoms with Crippen molar-refractivity contribution in [2.45, 2.75) is 39.2 Å². The van der Waals surface area contributed by atoms with Crippen LogP contribution >= 0.6 is 0 Å². The molecule has 0 aromatic carbocycles. The lowest BCUT2D eigenvalue weighted by Crippen LogP contribution is -2.37. The number of hydrogen-bond donors (Lipinski definition) is 1. The van der Waals surface area contributed by atoms with Crippen molar-refractivity contribution in [2.24, 2.45) is 0 Å². The van der Waals surface area contributed by atoms with Crippen LogP contribution in [0.4, 0.5) is 5.82 Å². The summed E-state index contributed by atoms with van der Waals surface area (Å²) in [6, 6.07) is 2.69. The van der Waals surface area contributed by atoms with E-state index in [2.05, 4.69) is 33.2 Å². The molecule has 94 valence electrons. The maximum absolute atomic E-state index is 4.65. The van der Waals surface area contributed by atoms with E-state index in [9.17, 15) is 0 Å². The summed E-state index contributed by atoms with van der Waals surface area (Å²) < 4.78 is 0. The van der Waals surface area contributed by atoms with Crippen LogP contribution < -0.4 is 10.2 Å². The average molecular weight is 234 g/mol. The fraction of sp³-hybridized carbons (Fsp3) is 0.692. The Morgan fingerprint density at radius 2 is 2.29 bits per heavy atom. The van der Waals surface area contributed by atoms with Gasteiger partial charge < -0.3 is 10.2 Å². The van der Waals surface area contributed by atoms with Crippen molar-refractivity contribution >= 4 is 5.82 Å². The summed E-state index contributed by atoms with van der Waals surface area (Å²) >= 11 is 0. The van der Waals surface area contributed by atoms with Crippen LogP contribution in [-0.4, -0.2) is 36.1 Å². The Morgan fingerprint density at radius 1 is 1.47 bits per heavy atom. The van der Waals surface area contributed by atoms with Gasteiger partial charge in [-0.1, -0.05) is 6.92 Å². The third-order valence-electron chi connectivity index (χ3n) is 3.31. The molecule has 4 nitrogen and oxygen atoms in total. The third kappa shape index (κ3) is 2.75. The summed E-state index contributed by atoms with van der Waals surface area (Å²) in [4.78, 5) is 11.5. The molecule has 0 bridgehead atoms. The molecule has 1 aromatic heterocycles. The highest BCUT2D eigenvalue weighted by molar-refractivity contribution is 5.42. The van der Waals surface area contributed by atoms with Crippen molar-refractivity contribution in [1.29, 1.82) is 0 Å². The second kappa shape index (κ2) is 5.45. The molecule has 1 unspecified atom stereocenters. The molecule has 1 saturated heterocycles. The first kappa shape index (κ1) is 12.3. The molecule has 1 aliphatic heterocycles. The maximum atomic E-state index is 4.65. The van der Waals surface area contributed by atoms with Crippen LogP contribution in [-0.2, 0) is 6.42 Å². The Labute approximate surface area is 103 Å². The summed E-state index contributed by atoms with van der Waals surface area (Å²) in [5.74, 6) is 2.06. The minimum atomic E-state index is 0.582. The minimum Gasteiger partial charge on any atom is -0.352 e. The predicted molar refractivity (Wildman–Crippen MR) is 70.4 cm³/mol. The Hall–Kier alpha value is -1.16. The number of nitrogens with zero attached hydrogens (tertiary/aromatic N) is 3.